The van der Waals surface area contributed by atoms with Gasteiger partial charge in [0.25, 0.3) is 5.91 Å². The quantitative estimate of drug-likeness (QED) is 0.292. The van der Waals surface area contributed by atoms with Gasteiger partial charge in [-0.1, -0.05) is 65.7 Å². The number of para-hydroxylation sites is 1. The van der Waals surface area contributed by atoms with Crippen LogP contribution in [0.5, 0.6) is 0 Å². The number of carbonyl (C=O) groups is 3. The van der Waals surface area contributed by atoms with E-state index in [1.54, 1.807) is 60.7 Å². The number of hydrogen-bond donors (Lipinski definition) is 3. The first-order chi connectivity index (χ1) is 19.2. The molecule has 4 rings (SSSR count). The van der Waals surface area contributed by atoms with Crippen LogP contribution in [0.2, 0.25) is 5.02 Å². The van der Waals surface area contributed by atoms with E-state index in [4.69, 9.17) is 26.8 Å². The van der Waals surface area contributed by atoms with Gasteiger partial charge in [0.1, 0.15) is 5.92 Å². The van der Waals surface area contributed by atoms with Crippen molar-refractivity contribution in [1.82, 2.24) is 5.32 Å². The highest BCUT2D eigenvalue weighted by molar-refractivity contribution is 6.32. The number of nitrogens with one attached hydrogen (secondary N) is 2. The Labute approximate surface area is 238 Å². The van der Waals surface area contributed by atoms with E-state index in [2.05, 4.69) is 10.6 Å². The van der Waals surface area contributed by atoms with Crippen LogP contribution in [-0.2, 0) is 24.6 Å². The predicted octanol–water partition coefficient (Wildman–Crippen LogP) is 4.68. The summed E-state index contributed by atoms with van der Waals surface area (Å²) >= 11 is 6.56. The molecule has 2 atom stereocenters. The van der Waals surface area contributed by atoms with Crippen molar-refractivity contribution in [1.29, 1.82) is 0 Å². The Balaban J connectivity index is 1.87. The van der Waals surface area contributed by atoms with Crippen LogP contribution >= 0.6 is 11.6 Å². The number of amides is 4. The molecule has 4 N–H and O–H groups in total. The summed E-state index contributed by atoms with van der Waals surface area (Å²) in [7, 11) is 0. The SMILES string of the molecule is CCOC(CN1C(=O)C(NC(=O)Nc2ccc(C)cc2)(C(C(N)=O)c2ccccc2Cl)c2ccccc21)OCC. The largest absolute Gasteiger partial charge is 0.369 e. The van der Waals surface area contributed by atoms with Crippen LogP contribution < -0.4 is 21.3 Å². The first-order valence-electron chi connectivity index (χ1n) is 13.1. The molecule has 210 valence electrons. The Kier molecular flexibility index (Phi) is 9.09. The summed E-state index contributed by atoms with van der Waals surface area (Å²) in [6, 6.07) is 20.1. The average molecular weight is 565 g/mol. The molecule has 9 nitrogen and oxygen atoms in total. The van der Waals surface area contributed by atoms with Crippen molar-refractivity contribution in [3.8, 4) is 0 Å². The average Bonchev–Trinajstić information content (AvgIpc) is 3.14. The fourth-order valence-corrected chi connectivity index (χ4v) is 5.34. The van der Waals surface area contributed by atoms with E-state index < -0.39 is 35.6 Å². The van der Waals surface area contributed by atoms with Gasteiger partial charge in [0, 0.05) is 29.5 Å². The number of anilines is 2. The number of carbonyl (C=O) groups excluding carboxylic acids is 3. The van der Waals surface area contributed by atoms with Crippen LogP contribution in [0.15, 0.2) is 72.8 Å². The van der Waals surface area contributed by atoms with E-state index in [0.29, 0.717) is 35.7 Å². The summed E-state index contributed by atoms with van der Waals surface area (Å²) in [5, 5.41) is 5.86. The van der Waals surface area contributed by atoms with Crippen LogP contribution in [0.4, 0.5) is 16.2 Å². The zero-order chi connectivity index (χ0) is 28.9. The van der Waals surface area contributed by atoms with Crippen LogP contribution in [0, 0.1) is 6.92 Å². The third-order valence-corrected chi connectivity index (χ3v) is 7.14. The smallest absolute Gasteiger partial charge is 0.320 e. The maximum absolute atomic E-state index is 14.6. The van der Waals surface area contributed by atoms with Gasteiger partial charge in [-0.05, 0) is 50.6 Å². The molecule has 0 saturated carbocycles. The minimum absolute atomic E-state index is 0.0224. The van der Waals surface area contributed by atoms with Crippen molar-refractivity contribution < 1.29 is 23.9 Å². The Morgan fingerprint density at radius 1 is 0.975 bits per heavy atom. The lowest BCUT2D eigenvalue weighted by atomic mass is 9.74. The molecule has 1 heterocycles. The minimum atomic E-state index is -1.93. The van der Waals surface area contributed by atoms with Crippen molar-refractivity contribution in [3.63, 3.8) is 0 Å². The van der Waals surface area contributed by atoms with Gasteiger partial charge in [0.05, 0.1) is 12.2 Å². The van der Waals surface area contributed by atoms with Gasteiger partial charge in [-0.2, -0.15) is 0 Å². The number of nitrogens with two attached hydrogens (primary N) is 1. The second-order valence-electron chi connectivity index (χ2n) is 9.38. The molecule has 10 heteroatoms. The lowest BCUT2D eigenvalue weighted by Crippen LogP contribution is -2.60. The molecule has 0 aliphatic carbocycles. The van der Waals surface area contributed by atoms with Gasteiger partial charge in [0.2, 0.25) is 5.91 Å². The van der Waals surface area contributed by atoms with Crippen molar-refractivity contribution in [2.24, 2.45) is 5.73 Å². The lowest BCUT2D eigenvalue weighted by molar-refractivity contribution is -0.139. The van der Waals surface area contributed by atoms with E-state index in [9.17, 15) is 14.4 Å². The van der Waals surface area contributed by atoms with Crippen LogP contribution in [0.3, 0.4) is 0 Å². The van der Waals surface area contributed by atoms with Crippen molar-refractivity contribution in [3.05, 3.63) is 94.5 Å². The predicted molar refractivity (Wildman–Crippen MR) is 154 cm³/mol. The topological polar surface area (TPSA) is 123 Å². The Hall–Kier alpha value is -3.92. The zero-order valence-corrected chi connectivity index (χ0v) is 23.4. The van der Waals surface area contributed by atoms with Crippen LogP contribution in [0.25, 0.3) is 0 Å². The van der Waals surface area contributed by atoms with E-state index in [-0.39, 0.29) is 11.6 Å². The summed E-state index contributed by atoms with van der Waals surface area (Å²) in [5.41, 5.74) is 6.82. The fourth-order valence-electron chi connectivity index (χ4n) is 5.09. The molecule has 1 aliphatic heterocycles. The fraction of sp³-hybridized carbons (Fsp3) is 0.300. The molecule has 0 aromatic heterocycles. The van der Waals surface area contributed by atoms with Gasteiger partial charge in [-0.3, -0.25) is 9.59 Å². The molecule has 0 saturated heterocycles. The maximum atomic E-state index is 14.6. The summed E-state index contributed by atoms with van der Waals surface area (Å²) in [4.78, 5) is 42.9. The molecular formula is C30H33ClN4O5. The van der Waals surface area contributed by atoms with Gasteiger partial charge in [0.15, 0.2) is 11.8 Å². The highest BCUT2D eigenvalue weighted by Gasteiger charge is 2.59. The molecule has 0 radical (unpaired) electrons. The number of aryl methyl sites for hydroxylation is 1. The third-order valence-electron chi connectivity index (χ3n) is 6.79. The molecule has 3 aromatic carbocycles. The van der Waals surface area contributed by atoms with Gasteiger partial charge in [-0.15, -0.1) is 0 Å². The monoisotopic (exact) mass is 564 g/mol. The second-order valence-corrected chi connectivity index (χ2v) is 9.79. The molecular weight excluding hydrogens is 532 g/mol. The molecule has 0 bridgehead atoms. The number of primary amides is 1. The van der Waals surface area contributed by atoms with Crippen molar-refractivity contribution in [2.75, 3.05) is 30.0 Å². The molecule has 3 aromatic rings. The zero-order valence-electron chi connectivity index (χ0n) is 22.6. The molecule has 2 unspecified atom stereocenters. The van der Waals surface area contributed by atoms with Crippen molar-refractivity contribution in [2.45, 2.75) is 38.5 Å². The highest BCUT2D eigenvalue weighted by atomic mass is 35.5. The van der Waals surface area contributed by atoms with Gasteiger partial charge >= 0.3 is 6.03 Å². The first-order valence-corrected chi connectivity index (χ1v) is 13.4. The second kappa shape index (κ2) is 12.5. The molecule has 0 fully saturated rings. The normalized spacial score (nSPS) is 17.0. The van der Waals surface area contributed by atoms with E-state index >= 15 is 0 Å². The summed E-state index contributed by atoms with van der Waals surface area (Å²) in [6.45, 7) is 6.33. The highest BCUT2D eigenvalue weighted by Crippen LogP contribution is 2.49. The number of ether oxygens (including phenoxy) is 2. The van der Waals surface area contributed by atoms with E-state index in [0.717, 1.165) is 5.56 Å². The number of urea groups is 1. The number of halogens is 1. The molecule has 4 amide bonds. The lowest BCUT2D eigenvalue weighted by Gasteiger charge is -2.36. The number of rotatable bonds is 11. The summed E-state index contributed by atoms with van der Waals surface area (Å²) < 4.78 is 11.5. The van der Waals surface area contributed by atoms with Crippen LogP contribution in [-0.4, -0.2) is 43.9 Å². The molecule has 40 heavy (non-hydrogen) atoms. The third kappa shape index (κ3) is 5.67. The summed E-state index contributed by atoms with van der Waals surface area (Å²) in [5.74, 6) is -2.75. The standard InChI is InChI=1S/C30H33ClN4O5/c1-4-39-25(40-5-2)18-35-24-13-9-7-11-22(24)30(28(35)37,26(27(32)36)21-10-6-8-12-23(21)31)34-29(38)33-20-16-14-19(3)15-17-20/h6-17,25-26H,4-5,18H2,1-3H3,(H2,32,36)(H2,33,34,38). The minimum Gasteiger partial charge on any atom is -0.369 e. The number of nitrogens with zero attached hydrogens (tertiary/aromatic N) is 1. The van der Waals surface area contributed by atoms with E-state index in [1.807, 2.05) is 32.9 Å². The number of benzene rings is 3. The molecule has 1 aliphatic rings. The van der Waals surface area contributed by atoms with Crippen LogP contribution in [0.1, 0.15) is 36.5 Å². The number of hydrogen-bond acceptors (Lipinski definition) is 5. The first kappa shape index (κ1) is 29.1. The Morgan fingerprint density at radius 2 is 1.60 bits per heavy atom. The van der Waals surface area contributed by atoms with Gasteiger partial charge < -0.3 is 30.7 Å². The Morgan fingerprint density at radius 3 is 2.23 bits per heavy atom. The number of fused-ring (bicyclic) bond motifs is 1. The van der Waals surface area contributed by atoms with E-state index in [1.165, 1.54) is 4.90 Å². The maximum Gasteiger partial charge on any atom is 0.320 e. The Bertz CT molecular complexity index is 1380. The van der Waals surface area contributed by atoms with Crippen molar-refractivity contribution >= 4 is 40.8 Å². The molecule has 0 spiro atoms. The van der Waals surface area contributed by atoms with Gasteiger partial charge in [-0.25, -0.2) is 4.79 Å². The summed E-state index contributed by atoms with van der Waals surface area (Å²) in [6.07, 6.45) is -0.739.